The van der Waals surface area contributed by atoms with Gasteiger partial charge in [-0.25, -0.2) is 4.39 Å². The number of piperidine rings is 1. The van der Waals surface area contributed by atoms with Gasteiger partial charge in [-0.3, -0.25) is 9.59 Å². The van der Waals surface area contributed by atoms with E-state index in [0.717, 1.165) is 32.4 Å². The smallest absolute Gasteiger partial charge is 0.259 e. The van der Waals surface area contributed by atoms with Crippen molar-refractivity contribution >= 4 is 23.2 Å². The summed E-state index contributed by atoms with van der Waals surface area (Å²) in [6.45, 7) is 3.66. The Labute approximate surface area is 157 Å². The number of anilines is 2. The van der Waals surface area contributed by atoms with E-state index in [0.29, 0.717) is 29.3 Å². The molecule has 0 radical (unpaired) electrons. The van der Waals surface area contributed by atoms with Gasteiger partial charge in [0.15, 0.2) is 0 Å². The Morgan fingerprint density at radius 2 is 2.00 bits per heavy atom. The topological polar surface area (TPSA) is 83.4 Å². The Morgan fingerprint density at radius 3 is 2.70 bits per heavy atom. The fourth-order valence-electron chi connectivity index (χ4n) is 3.24. The predicted molar refractivity (Wildman–Crippen MR) is 101 cm³/mol. The van der Waals surface area contributed by atoms with E-state index in [2.05, 4.69) is 16.0 Å². The van der Waals surface area contributed by atoms with Crippen molar-refractivity contribution in [3.8, 4) is 0 Å². The van der Waals surface area contributed by atoms with Crippen LogP contribution in [0.3, 0.4) is 0 Å². The number of furan rings is 1. The molecule has 27 heavy (non-hydrogen) atoms. The molecular formula is C20H24FN3O3. The Hall–Kier alpha value is -2.67. The normalized spacial score (nSPS) is 14.7. The van der Waals surface area contributed by atoms with Crippen LogP contribution in [-0.4, -0.2) is 24.9 Å². The highest BCUT2D eigenvalue weighted by Gasteiger charge is 2.16. The standard InChI is InChI=1S/C20H24FN3O3/c1-13-16(8-11-27-13)20(26)24-18-12-15(3-4-17(18)21)23-19(25)5-2-14-6-9-22-10-7-14/h3-4,8,11-12,14,22H,2,5-7,9-10H2,1H3,(H,23,25)(H,24,26). The van der Waals surface area contributed by atoms with E-state index in [1.54, 1.807) is 6.92 Å². The van der Waals surface area contributed by atoms with Crippen LogP contribution >= 0.6 is 0 Å². The molecule has 0 saturated carbocycles. The van der Waals surface area contributed by atoms with Crippen LogP contribution in [0.1, 0.15) is 41.8 Å². The molecule has 1 aromatic heterocycles. The average Bonchev–Trinajstić information content (AvgIpc) is 3.10. The molecule has 0 spiro atoms. The lowest BCUT2D eigenvalue weighted by molar-refractivity contribution is -0.116. The molecule has 0 unspecified atom stereocenters. The molecule has 7 heteroatoms. The number of hydrogen-bond acceptors (Lipinski definition) is 4. The van der Waals surface area contributed by atoms with Gasteiger partial charge in [0.25, 0.3) is 5.91 Å². The van der Waals surface area contributed by atoms with Crippen LogP contribution in [0.2, 0.25) is 0 Å². The first-order valence-electron chi connectivity index (χ1n) is 9.18. The molecule has 144 valence electrons. The predicted octanol–water partition coefficient (Wildman–Crippen LogP) is 3.70. The number of carbonyl (C=O) groups excluding carboxylic acids is 2. The number of carbonyl (C=O) groups is 2. The fourth-order valence-corrected chi connectivity index (χ4v) is 3.24. The molecule has 1 fully saturated rings. The first-order valence-corrected chi connectivity index (χ1v) is 9.18. The number of hydrogen-bond donors (Lipinski definition) is 3. The molecule has 1 aliphatic heterocycles. The van der Waals surface area contributed by atoms with Gasteiger partial charge in [0, 0.05) is 12.1 Å². The number of halogens is 1. The molecule has 3 rings (SSSR count). The molecule has 0 aliphatic carbocycles. The zero-order valence-corrected chi connectivity index (χ0v) is 15.3. The average molecular weight is 373 g/mol. The van der Waals surface area contributed by atoms with Crippen molar-refractivity contribution in [3.05, 3.63) is 47.7 Å². The van der Waals surface area contributed by atoms with E-state index < -0.39 is 11.7 Å². The van der Waals surface area contributed by atoms with Crippen molar-refractivity contribution in [3.63, 3.8) is 0 Å². The maximum atomic E-state index is 14.0. The fraction of sp³-hybridized carbons (Fsp3) is 0.400. The molecule has 2 heterocycles. The molecule has 6 nitrogen and oxygen atoms in total. The van der Waals surface area contributed by atoms with Gasteiger partial charge < -0.3 is 20.4 Å². The molecule has 2 amide bonds. The van der Waals surface area contributed by atoms with Gasteiger partial charge in [-0.05, 0) is 69.5 Å². The number of benzene rings is 1. The Kier molecular flexibility index (Phi) is 6.24. The third kappa shape index (κ3) is 5.17. The monoisotopic (exact) mass is 373 g/mol. The van der Waals surface area contributed by atoms with Gasteiger partial charge in [0.2, 0.25) is 5.91 Å². The second-order valence-electron chi connectivity index (χ2n) is 6.82. The molecular weight excluding hydrogens is 349 g/mol. The van der Waals surface area contributed by atoms with Crippen LogP contribution in [0, 0.1) is 18.7 Å². The second kappa shape index (κ2) is 8.81. The lowest BCUT2D eigenvalue weighted by Crippen LogP contribution is -2.28. The minimum absolute atomic E-state index is 0.0109. The van der Waals surface area contributed by atoms with Crippen LogP contribution in [0.4, 0.5) is 15.8 Å². The summed E-state index contributed by atoms with van der Waals surface area (Å²) in [5.41, 5.74) is 0.800. The first kappa shape index (κ1) is 19.1. The maximum absolute atomic E-state index is 14.0. The first-order chi connectivity index (χ1) is 13.0. The molecule has 1 aromatic carbocycles. The molecule has 2 aromatic rings. The van der Waals surface area contributed by atoms with E-state index in [-0.39, 0.29) is 11.6 Å². The van der Waals surface area contributed by atoms with E-state index in [4.69, 9.17) is 4.42 Å². The van der Waals surface area contributed by atoms with Gasteiger partial charge in [-0.15, -0.1) is 0 Å². The van der Waals surface area contributed by atoms with E-state index >= 15 is 0 Å². The largest absolute Gasteiger partial charge is 0.469 e. The summed E-state index contributed by atoms with van der Waals surface area (Å²) in [7, 11) is 0. The van der Waals surface area contributed by atoms with Crippen molar-refractivity contribution in [2.45, 2.75) is 32.6 Å². The Balaban J connectivity index is 1.58. The van der Waals surface area contributed by atoms with Crippen LogP contribution < -0.4 is 16.0 Å². The summed E-state index contributed by atoms with van der Waals surface area (Å²) in [5, 5.41) is 8.60. The van der Waals surface area contributed by atoms with Gasteiger partial charge in [-0.2, -0.15) is 0 Å². The van der Waals surface area contributed by atoms with E-state index in [1.807, 2.05) is 0 Å². The van der Waals surface area contributed by atoms with Gasteiger partial charge >= 0.3 is 0 Å². The summed E-state index contributed by atoms with van der Waals surface area (Å²) in [4.78, 5) is 24.4. The second-order valence-corrected chi connectivity index (χ2v) is 6.82. The molecule has 0 atom stereocenters. The van der Waals surface area contributed by atoms with Crippen molar-refractivity contribution in [1.29, 1.82) is 0 Å². The van der Waals surface area contributed by atoms with Gasteiger partial charge in [0.05, 0.1) is 17.5 Å². The number of aryl methyl sites for hydroxylation is 1. The maximum Gasteiger partial charge on any atom is 0.259 e. The van der Waals surface area contributed by atoms with Gasteiger partial charge in [-0.1, -0.05) is 0 Å². The van der Waals surface area contributed by atoms with Crippen molar-refractivity contribution in [1.82, 2.24) is 5.32 Å². The number of rotatable bonds is 6. The van der Waals surface area contributed by atoms with Gasteiger partial charge in [0.1, 0.15) is 11.6 Å². The van der Waals surface area contributed by atoms with E-state index in [9.17, 15) is 14.0 Å². The van der Waals surface area contributed by atoms with Crippen molar-refractivity contribution in [2.75, 3.05) is 23.7 Å². The van der Waals surface area contributed by atoms with Crippen molar-refractivity contribution in [2.24, 2.45) is 5.92 Å². The minimum Gasteiger partial charge on any atom is -0.469 e. The lowest BCUT2D eigenvalue weighted by atomic mass is 9.93. The summed E-state index contributed by atoms with van der Waals surface area (Å²) in [6.07, 6.45) is 4.86. The molecule has 0 bridgehead atoms. The number of amides is 2. The lowest BCUT2D eigenvalue weighted by Gasteiger charge is -2.22. The zero-order chi connectivity index (χ0) is 19.2. The van der Waals surface area contributed by atoms with Crippen molar-refractivity contribution < 1.29 is 18.4 Å². The summed E-state index contributed by atoms with van der Waals surface area (Å²) in [5.74, 6) is -0.122. The minimum atomic E-state index is -0.572. The number of nitrogens with one attached hydrogen (secondary N) is 3. The summed E-state index contributed by atoms with van der Waals surface area (Å²) in [6, 6.07) is 5.65. The van der Waals surface area contributed by atoms with Crippen LogP contribution in [0.5, 0.6) is 0 Å². The third-order valence-corrected chi connectivity index (χ3v) is 4.84. The summed E-state index contributed by atoms with van der Waals surface area (Å²) < 4.78 is 19.1. The van der Waals surface area contributed by atoms with Crippen LogP contribution in [-0.2, 0) is 4.79 Å². The van der Waals surface area contributed by atoms with Crippen LogP contribution in [0.15, 0.2) is 34.9 Å². The highest BCUT2D eigenvalue weighted by Crippen LogP contribution is 2.22. The SMILES string of the molecule is Cc1occc1C(=O)Nc1cc(NC(=O)CCC2CCNCC2)ccc1F. The third-order valence-electron chi connectivity index (χ3n) is 4.84. The molecule has 1 saturated heterocycles. The van der Waals surface area contributed by atoms with Crippen LogP contribution in [0.25, 0.3) is 0 Å². The quantitative estimate of drug-likeness (QED) is 0.721. The Morgan fingerprint density at radius 1 is 1.22 bits per heavy atom. The zero-order valence-electron chi connectivity index (χ0n) is 15.3. The van der Waals surface area contributed by atoms with E-state index in [1.165, 1.54) is 30.5 Å². The highest BCUT2D eigenvalue weighted by molar-refractivity contribution is 6.05. The molecule has 1 aliphatic rings. The summed E-state index contributed by atoms with van der Waals surface area (Å²) >= 11 is 0. The Bertz CT molecular complexity index is 813. The molecule has 3 N–H and O–H groups in total. The highest BCUT2D eigenvalue weighted by atomic mass is 19.1.